The molecule has 3 amide bonds. The first-order chi connectivity index (χ1) is 15.2. The molecular weight excluding hydrogens is 423 g/mol. The molecule has 0 saturated carbocycles. The van der Waals surface area contributed by atoms with Gasteiger partial charge in [-0.05, 0) is 42.8 Å². The molecule has 0 radical (unpaired) electrons. The molecular formula is C22H18F3N5O2. The van der Waals surface area contributed by atoms with Crippen molar-refractivity contribution in [3.05, 3.63) is 89.4 Å². The normalized spacial score (nSPS) is 16.4. The Morgan fingerprint density at radius 1 is 1.12 bits per heavy atom. The Balaban J connectivity index is 1.71. The van der Waals surface area contributed by atoms with Crippen LogP contribution in [0, 0.1) is 0 Å². The smallest absolute Gasteiger partial charge is 0.327 e. The number of allylic oxidation sites excluding steroid dienone is 1. The number of carbonyl (C=O) groups is 2. The number of amides is 3. The Bertz CT molecular complexity index is 1200. The van der Waals surface area contributed by atoms with Gasteiger partial charge in [-0.1, -0.05) is 24.3 Å². The Labute approximate surface area is 180 Å². The van der Waals surface area contributed by atoms with Crippen molar-refractivity contribution in [2.75, 3.05) is 5.32 Å². The van der Waals surface area contributed by atoms with E-state index in [4.69, 9.17) is 0 Å². The highest BCUT2D eigenvalue weighted by Crippen LogP contribution is 2.35. The molecule has 1 atom stereocenters. The van der Waals surface area contributed by atoms with E-state index in [1.165, 1.54) is 25.1 Å². The van der Waals surface area contributed by atoms with Gasteiger partial charge in [0.15, 0.2) is 0 Å². The van der Waals surface area contributed by atoms with E-state index in [9.17, 15) is 22.8 Å². The second kappa shape index (κ2) is 8.22. The molecule has 0 fully saturated rings. The van der Waals surface area contributed by atoms with E-state index in [-0.39, 0.29) is 17.0 Å². The number of alkyl halides is 3. The van der Waals surface area contributed by atoms with Crippen molar-refractivity contribution in [2.24, 2.45) is 0 Å². The molecule has 4 rings (SSSR count). The molecule has 164 valence electrons. The second-order valence-electron chi connectivity index (χ2n) is 7.11. The van der Waals surface area contributed by atoms with Gasteiger partial charge in [0.1, 0.15) is 0 Å². The van der Waals surface area contributed by atoms with Crippen LogP contribution in [-0.4, -0.2) is 21.7 Å². The van der Waals surface area contributed by atoms with Crippen molar-refractivity contribution in [1.82, 2.24) is 20.4 Å². The summed E-state index contributed by atoms with van der Waals surface area (Å²) in [5, 5.41) is 11.7. The minimum absolute atomic E-state index is 0.0965. The molecule has 10 heteroatoms. The van der Waals surface area contributed by atoms with Gasteiger partial charge in [-0.2, -0.15) is 18.3 Å². The molecule has 32 heavy (non-hydrogen) atoms. The molecule has 1 aromatic heterocycles. The third kappa shape index (κ3) is 4.20. The van der Waals surface area contributed by atoms with Gasteiger partial charge in [0.2, 0.25) is 0 Å². The number of anilines is 1. The molecule has 0 bridgehead atoms. The number of hydrogen-bond acceptors (Lipinski definition) is 3. The van der Waals surface area contributed by atoms with Crippen molar-refractivity contribution in [1.29, 1.82) is 0 Å². The van der Waals surface area contributed by atoms with E-state index in [1.54, 1.807) is 47.4 Å². The lowest BCUT2D eigenvalue weighted by atomic mass is 9.94. The summed E-state index contributed by atoms with van der Waals surface area (Å²) in [6.07, 6.45) is -1.28. The SMILES string of the molecule is CC1=C(C(=O)Nc2ccccc2C(F)(F)F)C(c2cccc(-n3cccn3)c2)NC(=O)N1. The Hall–Kier alpha value is -4.08. The van der Waals surface area contributed by atoms with Crippen LogP contribution in [0.5, 0.6) is 0 Å². The summed E-state index contributed by atoms with van der Waals surface area (Å²) < 4.78 is 41.7. The molecule has 1 aliphatic heterocycles. The highest BCUT2D eigenvalue weighted by molar-refractivity contribution is 6.07. The van der Waals surface area contributed by atoms with E-state index in [1.807, 2.05) is 0 Å². The summed E-state index contributed by atoms with van der Waals surface area (Å²) >= 11 is 0. The third-order valence-electron chi connectivity index (χ3n) is 4.97. The van der Waals surface area contributed by atoms with Crippen molar-refractivity contribution < 1.29 is 22.8 Å². The fourth-order valence-electron chi connectivity index (χ4n) is 3.54. The van der Waals surface area contributed by atoms with Crippen LogP contribution >= 0.6 is 0 Å². The van der Waals surface area contributed by atoms with E-state index in [0.29, 0.717) is 11.3 Å². The van der Waals surface area contributed by atoms with Crippen LogP contribution in [0.2, 0.25) is 0 Å². The highest BCUT2D eigenvalue weighted by atomic mass is 19.4. The van der Waals surface area contributed by atoms with Gasteiger partial charge in [-0.25, -0.2) is 9.48 Å². The minimum Gasteiger partial charge on any atom is -0.327 e. The molecule has 3 aromatic rings. The Kier molecular flexibility index (Phi) is 5.43. The van der Waals surface area contributed by atoms with Gasteiger partial charge in [0, 0.05) is 18.1 Å². The molecule has 2 heterocycles. The Morgan fingerprint density at radius 2 is 1.91 bits per heavy atom. The van der Waals surface area contributed by atoms with E-state index >= 15 is 0 Å². The lowest BCUT2D eigenvalue weighted by molar-refractivity contribution is -0.137. The minimum atomic E-state index is -4.64. The first-order valence-corrected chi connectivity index (χ1v) is 9.60. The second-order valence-corrected chi connectivity index (χ2v) is 7.11. The topological polar surface area (TPSA) is 88.1 Å². The zero-order valence-corrected chi connectivity index (χ0v) is 16.8. The summed E-state index contributed by atoms with van der Waals surface area (Å²) in [7, 11) is 0. The number of nitrogens with one attached hydrogen (secondary N) is 3. The number of rotatable bonds is 4. The lowest BCUT2D eigenvalue weighted by Crippen LogP contribution is -2.46. The number of nitrogens with zero attached hydrogens (tertiary/aromatic N) is 2. The van der Waals surface area contributed by atoms with E-state index < -0.39 is 29.7 Å². The van der Waals surface area contributed by atoms with Gasteiger partial charge in [0.25, 0.3) is 5.91 Å². The Morgan fingerprint density at radius 3 is 2.62 bits per heavy atom. The number of halogens is 3. The number of benzene rings is 2. The van der Waals surface area contributed by atoms with Crippen LogP contribution in [0.25, 0.3) is 5.69 Å². The molecule has 3 N–H and O–H groups in total. The monoisotopic (exact) mass is 441 g/mol. The first kappa shape index (κ1) is 21.2. The fraction of sp³-hybridized carbons (Fsp3) is 0.136. The van der Waals surface area contributed by atoms with Gasteiger partial charge < -0.3 is 16.0 Å². The molecule has 0 aliphatic carbocycles. The van der Waals surface area contributed by atoms with Crippen LogP contribution in [0.1, 0.15) is 24.1 Å². The van der Waals surface area contributed by atoms with E-state index in [0.717, 1.165) is 6.07 Å². The lowest BCUT2D eigenvalue weighted by Gasteiger charge is -2.29. The van der Waals surface area contributed by atoms with Gasteiger partial charge >= 0.3 is 12.2 Å². The largest absolute Gasteiger partial charge is 0.418 e. The number of urea groups is 1. The molecule has 2 aromatic carbocycles. The number of aromatic nitrogens is 2. The summed E-state index contributed by atoms with van der Waals surface area (Å²) in [4.78, 5) is 25.2. The average molecular weight is 441 g/mol. The van der Waals surface area contributed by atoms with Crippen LogP contribution in [-0.2, 0) is 11.0 Å². The molecule has 1 aliphatic rings. The quantitative estimate of drug-likeness (QED) is 0.568. The zero-order valence-electron chi connectivity index (χ0n) is 16.8. The molecule has 0 saturated heterocycles. The molecule has 0 spiro atoms. The predicted octanol–water partition coefficient (Wildman–Crippen LogP) is 4.16. The van der Waals surface area contributed by atoms with Gasteiger partial charge in [0.05, 0.1) is 28.6 Å². The van der Waals surface area contributed by atoms with Crippen molar-refractivity contribution in [3.63, 3.8) is 0 Å². The fourth-order valence-corrected chi connectivity index (χ4v) is 3.54. The number of carbonyl (C=O) groups excluding carboxylic acids is 2. The number of hydrogen-bond donors (Lipinski definition) is 3. The summed E-state index contributed by atoms with van der Waals surface area (Å²) in [5.41, 5.74) is 0.272. The standard InChI is InChI=1S/C22H18F3N5O2/c1-13-18(20(31)28-17-9-3-2-8-16(17)22(23,24)25)19(29-21(32)27-13)14-6-4-7-15(12-14)30-11-5-10-26-30/h2-12,19H,1H3,(H,28,31)(H2,27,29,32). The van der Waals surface area contributed by atoms with Crippen LogP contribution < -0.4 is 16.0 Å². The maximum atomic E-state index is 13.3. The average Bonchev–Trinajstić information content (AvgIpc) is 3.28. The van der Waals surface area contributed by atoms with E-state index in [2.05, 4.69) is 21.0 Å². The highest BCUT2D eigenvalue weighted by Gasteiger charge is 2.35. The predicted molar refractivity (Wildman–Crippen MR) is 111 cm³/mol. The third-order valence-corrected chi connectivity index (χ3v) is 4.97. The number of para-hydroxylation sites is 1. The maximum Gasteiger partial charge on any atom is 0.418 e. The van der Waals surface area contributed by atoms with Crippen molar-refractivity contribution >= 4 is 17.6 Å². The first-order valence-electron chi connectivity index (χ1n) is 9.60. The summed E-state index contributed by atoms with van der Waals surface area (Å²) in [6.45, 7) is 1.52. The van der Waals surface area contributed by atoms with Crippen LogP contribution in [0.4, 0.5) is 23.7 Å². The van der Waals surface area contributed by atoms with Crippen molar-refractivity contribution in [3.8, 4) is 5.69 Å². The summed E-state index contributed by atoms with van der Waals surface area (Å²) in [5.74, 6) is -0.763. The zero-order chi connectivity index (χ0) is 22.9. The molecule has 7 nitrogen and oxygen atoms in total. The van der Waals surface area contributed by atoms with Crippen LogP contribution in [0.15, 0.2) is 78.3 Å². The van der Waals surface area contributed by atoms with Crippen LogP contribution in [0.3, 0.4) is 0 Å². The summed E-state index contributed by atoms with van der Waals surface area (Å²) in [6, 6.07) is 12.1. The van der Waals surface area contributed by atoms with Crippen molar-refractivity contribution in [2.45, 2.75) is 19.1 Å². The van der Waals surface area contributed by atoms with Gasteiger partial charge in [-0.3, -0.25) is 4.79 Å². The van der Waals surface area contributed by atoms with Gasteiger partial charge in [-0.15, -0.1) is 0 Å². The maximum absolute atomic E-state index is 13.3. The molecule has 1 unspecified atom stereocenters.